The first kappa shape index (κ1) is 9.39. The van der Waals surface area contributed by atoms with Crippen LogP contribution in [0.5, 0.6) is 0 Å². The van der Waals surface area contributed by atoms with E-state index in [9.17, 15) is 8.78 Å². The monoisotopic (exact) mass is 261 g/mol. The van der Waals surface area contributed by atoms with Gasteiger partial charge in [0.2, 0.25) is 0 Å². The number of rotatable bonds is 1. The number of hydrogen-bond donors (Lipinski definition) is 2. The molecule has 0 atom stereocenters. The first-order valence-corrected chi connectivity index (χ1v) is 4.60. The van der Waals surface area contributed by atoms with E-state index in [4.69, 9.17) is 5.73 Å². The lowest BCUT2D eigenvalue weighted by molar-refractivity contribution is 0.150. The highest BCUT2D eigenvalue weighted by Crippen LogP contribution is 2.32. The summed E-state index contributed by atoms with van der Waals surface area (Å²) in [5, 5.41) is 0. The molecular formula is C8H6BrF2N3. The molecule has 1 heterocycles. The van der Waals surface area contributed by atoms with Gasteiger partial charge in [0.05, 0.1) is 9.99 Å². The molecule has 0 aliphatic heterocycles. The van der Waals surface area contributed by atoms with Crippen molar-refractivity contribution in [3.63, 3.8) is 0 Å². The van der Waals surface area contributed by atoms with Gasteiger partial charge in [-0.3, -0.25) is 0 Å². The number of anilines is 1. The van der Waals surface area contributed by atoms with Crippen LogP contribution in [0.2, 0.25) is 0 Å². The molecule has 14 heavy (non-hydrogen) atoms. The van der Waals surface area contributed by atoms with Crippen LogP contribution in [0.4, 0.5) is 14.7 Å². The summed E-state index contributed by atoms with van der Waals surface area (Å²) in [5.74, 6) is 0.215. The number of benzene rings is 1. The van der Waals surface area contributed by atoms with Gasteiger partial charge in [-0.05, 0) is 28.1 Å². The number of aromatic amines is 1. The van der Waals surface area contributed by atoms with Crippen molar-refractivity contribution in [2.45, 2.75) is 6.43 Å². The lowest BCUT2D eigenvalue weighted by Crippen LogP contribution is -1.87. The topological polar surface area (TPSA) is 54.7 Å². The van der Waals surface area contributed by atoms with Crippen molar-refractivity contribution >= 4 is 32.9 Å². The van der Waals surface area contributed by atoms with Gasteiger partial charge in [0.15, 0.2) is 5.95 Å². The molecule has 0 spiro atoms. The number of nitrogen functional groups attached to an aromatic ring is 1. The number of nitrogens with zero attached hydrogens (tertiary/aromatic N) is 1. The molecule has 0 aliphatic carbocycles. The Morgan fingerprint density at radius 2 is 2.14 bits per heavy atom. The number of fused-ring (bicyclic) bond motifs is 1. The molecule has 0 bridgehead atoms. The van der Waals surface area contributed by atoms with Crippen LogP contribution in [0.3, 0.4) is 0 Å². The van der Waals surface area contributed by atoms with Gasteiger partial charge in [0.25, 0.3) is 6.43 Å². The predicted octanol–water partition coefficient (Wildman–Crippen LogP) is 2.85. The zero-order valence-electron chi connectivity index (χ0n) is 6.89. The first-order valence-electron chi connectivity index (χ1n) is 3.81. The van der Waals surface area contributed by atoms with Crippen LogP contribution in [0.1, 0.15) is 12.0 Å². The van der Waals surface area contributed by atoms with E-state index in [1.165, 1.54) is 12.1 Å². The maximum absolute atomic E-state index is 12.5. The molecule has 2 aromatic rings. The summed E-state index contributed by atoms with van der Waals surface area (Å²) < 4.78 is 25.2. The van der Waals surface area contributed by atoms with E-state index in [-0.39, 0.29) is 16.0 Å². The van der Waals surface area contributed by atoms with Crippen LogP contribution in [-0.2, 0) is 0 Å². The summed E-state index contributed by atoms with van der Waals surface area (Å²) >= 11 is 3.08. The Balaban J connectivity index is 2.74. The van der Waals surface area contributed by atoms with Crippen molar-refractivity contribution in [1.82, 2.24) is 9.97 Å². The third kappa shape index (κ3) is 1.35. The van der Waals surface area contributed by atoms with Gasteiger partial charge in [-0.25, -0.2) is 13.8 Å². The van der Waals surface area contributed by atoms with Gasteiger partial charge in [-0.1, -0.05) is 0 Å². The SMILES string of the molecule is Nc1nc2c(Br)c(C(F)F)ccc2[nH]1. The van der Waals surface area contributed by atoms with Crippen molar-refractivity contribution in [2.24, 2.45) is 0 Å². The Morgan fingerprint density at radius 3 is 2.79 bits per heavy atom. The molecule has 0 aliphatic rings. The van der Waals surface area contributed by atoms with Crippen molar-refractivity contribution in [2.75, 3.05) is 5.73 Å². The lowest BCUT2D eigenvalue weighted by Gasteiger charge is -2.02. The van der Waals surface area contributed by atoms with E-state index >= 15 is 0 Å². The van der Waals surface area contributed by atoms with Crippen molar-refractivity contribution < 1.29 is 8.78 Å². The van der Waals surface area contributed by atoms with Crippen molar-refractivity contribution in [3.8, 4) is 0 Å². The number of hydrogen-bond acceptors (Lipinski definition) is 2. The maximum atomic E-state index is 12.5. The van der Waals surface area contributed by atoms with Gasteiger partial charge in [-0.15, -0.1) is 0 Å². The van der Waals surface area contributed by atoms with Gasteiger partial charge >= 0.3 is 0 Å². The molecule has 0 unspecified atom stereocenters. The van der Waals surface area contributed by atoms with Crippen LogP contribution >= 0.6 is 15.9 Å². The standard InChI is InChI=1S/C8H6BrF2N3/c9-5-3(7(10)11)1-2-4-6(5)14-8(12)13-4/h1-2,7H,(H3,12,13,14). The van der Waals surface area contributed by atoms with E-state index < -0.39 is 6.43 Å². The average molecular weight is 262 g/mol. The molecular weight excluding hydrogens is 256 g/mol. The molecule has 0 saturated heterocycles. The highest BCUT2D eigenvalue weighted by molar-refractivity contribution is 9.10. The number of aromatic nitrogens is 2. The van der Waals surface area contributed by atoms with Crippen molar-refractivity contribution in [3.05, 3.63) is 22.2 Å². The summed E-state index contributed by atoms with van der Waals surface area (Å²) in [6.07, 6.45) is -2.52. The normalized spacial score (nSPS) is 11.4. The van der Waals surface area contributed by atoms with Crippen LogP contribution < -0.4 is 5.73 Å². The molecule has 0 amide bonds. The molecule has 0 radical (unpaired) electrons. The van der Waals surface area contributed by atoms with E-state index in [0.717, 1.165) is 0 Å². The second-order valence-corrected chi connectivity index (χ2v) is 3.58. The maximum Gasteiger partial charge on any atom is 0.265 e. The van der Waals surface area contributed by atoms with E-state index in [2.05, 4.69) is 25.9 Å². The summed E-state index contributed by atoms with van der Waals surface area (Å²) in [4.78, 5) is 6.65. The number of H-pyrrole nitrogens is 1. The Hall–Kier alpha value is -1.17. The molecule has 2 rings (SSSR count). The Bertz CT molecular complexity index is 481. The molecule has 0 fully saturated rings. The molecule has 1 aromatic heterocycles. The van der Waals surface area contributed by atoms with E-state index in [0.29, 0.717) is 11.0 Å². The second kappa shape index (κ2) is 3.20. The number of nitrogens with two attached hydrogens (primary N) is 1. The van der Waals surface area contributed by atoms with E-state index in [1.807, 2.05) is 0 Å². The fourth-order valence-electron chi connectivity index (χ4n) is 1.25. The molecule has 6 heteroatoms. The van der Waals surface area contributed by atoms with Crippen LogP contribution in [0.25, 0.3) is 11.0 Å². The second-order valence-electron chi connectivity index (χ2n) is 2.79. The minimum atomic E-state index is -2.52. The largest absolute Gasteiger partial charge is 0.369 e. The van der Waals surface area contributed by atoms with Crippen molar-refractivity contribution in [1.29, 1.82) is 0 Å². The Kier molecular flexibility index (Phi) is 2.14. The number of alkyl halides is 2. The minimum absolute atomic E-state index is 0.0796. The zero-order chi connectivity index (χ0) is 10.3. The molecule has 3 N–H and O–H groups in total. The quantitative estimate of drug-likeness (QED) is 0.830. The zero-order valence-corrected chi connectivity index (χ0v) is 8.48. The lowest BCUT2D eigenvalue weighted by atomic mass is 10.2. The van der Waals surface area contributed by atoms with Crippen LogP contribution in [-0.4, -0.2) is 9.97 Å². The predicted molar refractivity (Wildman–Crippen MR) is 53.2 cm³/mol. The molecule has 0 saturated carbocycles. The van der Waals surface area contributed by atoms with Gasteiger partial charge in [0, 0.05) is 5.56 Å². The number of halogens is 3. The van der Waals surface area contributed by atoms with Crippen LogP contribution in [0.15, 0.2) is 16.6 Å². The van der Waals surface area contributed by atoms with Gasteiger partial charge in [0.1, 0.15) is 5.52 Å². The number of nitrogens with one attached hydrogen (secondary N) is 1. The molecule has 1 aromatic carbocycles. The fourth-order valence-corrected chi connectivity index (χ4v) is 1.85. The summed E-state index contributed by atoms with van der Waals surface area (Å²) in [6.45, 7) is 0. The summed E-state index contributed by atoms with van der Waals surface area (Å²) in [7, 11) is 0. The first-order chi connectivity index (χ1) is 6.59. The number of imidazole rings is 1. The fraction of sp³-hybridized carbons (Fsp3) is 0.125. The molecule has 74 valence electrons. The highest BCUT2D eigenvalue weighted by Gasteiger charge is 2.15. The third-order valence-electron chi connectivity index (χ3n) is 1.88. The Morgan fingerprint density at radius 1 is 1.43 bits per heavy atom. The van der Waals surface area contributed by atoms with Crippen LogP contribution in [0, 0.1) is 0 Å². The third-order valence-corrected chi connectivity index (χ3v) is 2.71. The van der Waals surface area contributed by atoms with Gasteiger partial charge in [-0.2, -0.15) is 0 Å². The average Bonchev–Trinajstić information content (AvgIpc) is 2.46. The minimum Gasteiger partial charge on any atom is -0.369 e. The summed E-state index contributed by atoms with van der Waals surface area (Å²) in [5.41, 5.74) is 6.40. The van der Waals surface area contributed by atoms with E-state index in [1.54, 1.807) is 0 Å². The Labute approximate surface area is 86.4 Å². The highest BCUT2D eigenvalue weighted by atomic mass is 79.9. The summed E-state index contributed by atoms with van der Waals surface area (Å²) in [6, 6.07) is 2.87. The smallest absolute Gasteiger partial charge is 0.265 e. The molecule has 3 nitrogen and oxygen atoms in total. The van der Waals surface area contributed by atoms with Gasteiger partial charge < -0.3 is 10.7 Å².